The topological polar surface area (TPSA) is 62.7 Å². The summed E-state index contributed by atoms with van der Waals surface area (Å²) in [6, 6.07) is 15.8. The Kier molecular flexibility index (Phi) is 7.13. The molecule has 1 atom stereocenters. The molecule has 1 fully saturated rings. The first-order chi connectivity index (χ1) is 15.8. The number of alkyl halides is 1. The molecule has 3 aromatic rings. The van der Waals surface area contributed by atoms with Crippen molar-refractivity contribution in [2.75, 3.05) is 10.6 Å². The highest BCUT2D eigenvalue weighted by molar-refractivity contribution is 6.30. The van der Waals surface area contributed by atoms with Gasteiger partial charge in [0, 0.05) is 23.7 Å². The Morgan fingerprint density at radius 2 is 1.82 bits per heavy atom. The molecule has 33 heavy (non-hydrogen) atoms. The molecule has 2 radical (unpaired) electrons. The molecule has 2 aromatic carbocycles. The fourth-order valence-electron chi connectivity index (χ4n) is 3.78. The summed E-state index contributed by atoms with van der Waals surface area (Å²) in [6.07, 6.45) is 5.42. The van der Waals surface area contributed by atoms with Gasteiger partial charge in [0.05, 0.1) is 0 Å². The van der Waals surface area contributed by atoms with Crippen LogP contribution in [0.2, 0.25) is 5.02 Å². The van der Waals surface area contributed by atoms with E-state index in [0.29, 0.717) is 28.1 Å². The number of halogens is 2. The zero-order valence-corrected chi connectivity index (χ0v) is 19.7. The van der Waals surface area contributed by atoms with Crippen molar-refractivity contribution in [3.63, 3.8) is 0 Å². The first-order valence-corrected chi connectivity index (χ1v) is 11.7. The van der Waals surface area contributed by atoms with E-state index in [4.69, 9.17) is 18.5 Å². The molecule has 2 N–H and O–H groups in total. The molecule has 4 rings (SSSR count). The fourth-order valence-corrected chi connectivity index (χ4v) is 3.95. The Morgan fingerprint density at radius 1 is 1.09 bits per heavy atom. The predicted molar refractivity (Wildman–Crippen MR) is 132 cm³/mol. The van der Waals surface area contributed by atoms with Crippen LogP contribution in [0.3, 0.4) is 0 Å². The Bertz CT molecular complexity index is 1080. The molecule has 1 saturated carbocycles. The van der Waals surface area contributed by atoms with Crippen molar-refractivity contribution in [2.24, 2.45) is 5.92 Å². The van der Waals surface area contributed by atoms with Gasteiger partial charge in [-0.15, -0.1) is 0 Å². The van der Waals surface area contributed by atoms with Gasteiger partial charge in [-0.05, 0) is 75.1 Å². The van der Waals surface area contributed by atoms with Crippen LogP contribution in [0.4, 0.5) is 22.0 Å². The van der Waals surface area contributed by atoms with Crippen molar-refractivity contribution in [1.82, 2.24) is 15.0 Å². The maximum absolute atomic E-state index is 14.8. The van der Waals surface area contributed by atoms with Crippen molar-refractivity contribution in [3.8, 4) is 0 Å². The van der Waals surface area contributed by atoms with Gasteiger partial charge in [0.15, 0.2) is 11.5 Å². The van der Waals surface area contributed by atoms with E-state index in [-0.39, 0.29) is 17.8 Å². The SMILES string of the molecule is [CH]c1ccc(Cl)cc1Nc1nc(NC(CCCc2ccccc2)C2CC2)nc(C(C)(C)F)n1. The van der Waals surface area contributed by atoms with Gasteiger partial charge in [-0.2, -0.15) is 15.0 Å². The van der Waals surface area contributed by atoms with Crippen molar-refractivity contribution < 1.29 is 4.39 Å². The van der Waals surface area contributed by atoms with Crippen LogP contribution in [-0.4, -0.2) is 21.0 Å². The second-order valence-electron chi connectivity index (χ2n) is 9.10. The molecule has 0 spiro atoms. The molecule has 0 bridgehead atoms. The number of nitrogens with one attached hydrogen (secondary N) is 2. The van der Waals surface area contributed by atoms with Gasteiger partial charge in [0.2, 0.25) is 11.9 Å². The van der Waals surface area contributed by atoms with Gasteiger partial charge < -0.3 is 10.6 Å². The molecule has 1 aliphatic carbocycles. The lowest BCUT2D eigenvalue weighted by Gasteiger charge is -2.21. The molecule has 7 heteroatoms. The molecule has 1 heterocycles. The Balaban J connectivity index is 1.52. The number of rotatable bonds is 10. The highest BCUT2D eigenvalue weighted by Crippen LogP contribution is 2.36. The number of aryl methyl sites for hydroxylation is 1. The van der Waals surface area contributed by atoms with Gasteiger partial charge in [-0.3, -0.25) is 0 Å². The van der Waals surface area contributed by atoms with Crippen LogP contribution in [0.25, 0.3) is 0 Å². The molecule has 172 valence electrons. The number of hydrogen-bond acceptors (Lipinski definition) is 5. The highest BCUT2D eigenvalue weighted by Gasteiger charge is 2.32. The molecule has 0 amide bonds. The van der Waals surface area contributed by atoms with Crippen LogP contribution in [-0.2, 0) is 12.1 Å². The minimum atomic E-state index is -1.72. The normalized spacial score (nSPS) is 14.7. The molecule has 0 saturated heterocycles. The quantitative estimate of drug-likeness (QED) is 0.347. The lowest BCUT2D eigenvalue weighted by atomic mass is 10.0. The maximum Gasteiger partial charge on any atom is 0.232 e. The van der Waals surface area contributed by atoms with Crippen molar-refractivity contribution >= 4 is 29.2 Å². The highest BCUT2D eigenvalue weighted by atomic mass is 35.5. The predicted octanol–water partition coefficient (Wildman–Crippen LogP) is 6.75. The molecule has 1 unspecified atom stereocenters. The van der Waals surface area contributed by atoms with Crippen LogP contribution in [0.15, 0.2) is 48.5 Å². The summed E-state index contributed by atoms with van der Waals surface area (Å²) >= 11 is 6.10. The van der Waals surface area contributed by atoms with Gasteiger partial charge in [0.25, 0.3) is 0 Å². The molecule has 1 aromatic heterocycles. The minimum Gasteiger partial charge on any atom is -0.351 e. The van der Waals surface area contributed by atoms with Crippen LogP contribution in [0.5, 0.6) is 0 Å². The number of benzene rings is 2. The second-order valence-corrected chi connectivity index (χ2v) is 9.54. The van der Waals surface area contributed by atoms with Gasteiger partial charge in [0.1, 0.15) is 0 Å². The van der Waals surface area contributed by atoms with E-state index in [9.17, 15) is 4.39 Å². The fraction of sp³-hybridized carbons (Fsp3) is 0.385. The molecular weight excluding hydrogens is 437 g/mol. The number of anilines is 3. The van der Waals surface area contributed by atoms with E-state index >= 15 is 0 Å². The summed E-state index contributed by atoms with van der Waals surface area (Å²) in [5.41, 5.74) is 0.660. The minimum absolute atomic E-state index is 0.0573. The summed E-state index contributed by atoms with van der Waals surface area (Å²) in [6.45, 7) is 8.91. The van der Waals surface area contributed by atoms with Gasteiger partial charge in [-0.1, -0.05) is 48.0 Å². The number of aromatic nitrogens is 3. The third-order valence-corrected chi connectivity index (χ3v) is 5.99. The van der Waals surface area contributed by atoms with E-state index in [1.54, 1.807) is 18.2 Å². The van der Waals surface area contributed by atoms with Crippen LogP contribution < -0.4 is 10.6 Å². The molecule has 0 aliphatic heterocycles. The van der Waals surface area contributed by atoms with Crippen LogP contribution in [0.1, 0.15) is 56.5 Å². The molecule has 1 aliphatic rings. The van der Waals surface area contributed by atoms with Crippen molar-refractivity contribution in [3.05, 3.63) is 77.4 Å². The summed E-state index contributed by atoms with van der Waals surface area (Å²) in [7, 11) is 0. The lowest BCUT2D eigenvalue weighted by Crippen LogP contribution is -2.25. The number of hydrogen-bond donors (Lipinski definition) is 2. The van der Waals surface area contributed by atoms with E-state index in [2.05, 4.69) is 49.9 Å². The van der Waals surface area contributed by atoms with Gasteiger partial charge >= 0.3 is 0 Å². The monoisotopic (exact) mass is 465 g/mol. The van der Waals surface area contributed by atoms with Gasteiger partial charge in [-0.25, -0.2) is 4.39 Å². The number of nitrogens with zero attached hydrogens (tertiary/aromatic N) is 3. The Labute approximate surface area is 200 Å². The van der Waals surface area contributed by atoms with E-state index in [1.165, 1.54) is 32.3 Å². The van der Waals surface area contributed by atoms with E-state index < -0.39 is 5.67 Å². The maximum atomic E-state index is 14.8. The zero-order valence-electron chi connectivity index (χ0n) is 19.0. The summed E-state index contributed by atoms with van der Waals surface area (Å²) in [5.74, 6) is 1.23. The second kappa shape index (κ2) is 10.0. The molecule has 5 nitrogen and oxygen atoms in total. The summed E-state index contributed by atoms with van der Waals surface area (Å²) in [5, 5.41) is 7.06. The Morgan fingerprint density at radius 3 is 2.52 bits per heavy atom. The zero-order chi connectivity index (χ0) is 23.4. The third-order valence-electron chi connectivity index (χ3n) is 5.76. The lowest BCUT2D eigenvalue weighted by molar-refractivity contribution is 0.206. The summed E-state index contributed by atoms with van der Waals surface area (Å²) in [4.78, 5) is 13.2. The summed E-state index contributed by atoms with van der Waals surface area (Å²) < 4.78 is 14.8. The standard InChI is InChI=1S/C26H29ClFN5/c1-17-12-15-20(27)16-22(17)30-25-32-23(26(2,3)28)31-24(33-25)29-21(19-13-14-19)11-7-10-18-8-5-4-6-9-18/h1,4-6,8-9,12,15-16,19,21H,7,10-11,13-14H2,2-3H3,(H2,29,30,31,32,33). The molecular formula is C26H29ClFN5. The van der Waals surface area contributed by atoms with E-state index in [0.717, 1.165) is 19.3 Å². The average molecular weight is 466 g/mol. The average Bonchev–Trinajstić information content (AvgIpc) is 3.61. The third kappa shape index (κ3) is 6.64. The largest absolute Gasteiger partial charge is 0.351 e. The van der Waals surface area contributed by atoms with Crippen molar-refractivity contribution in [1.29, 1.82) is 0 Å². The first kappa shape index (κ1) is 23.4. The smallest absolute Gasteiger partial charge is 0.232 e. The first-order valence-electron chi connectivity index (χ1n) is 11.4. The van der Waals surface area contributed by atoms with Crippen LogP contribution >= 0.6 is 11.6 Å². The van der Waals surface area contributed by atoms with E-state index in [1.807, 2.05) is 6.07 Å². The Hall–Kier alpha value is -2.73. The van der Waals surface area contributed by atoms with Crippen LogP contribution in [0, 0.1) is 12.8 Å². The van der Waals surface area contributed by atoms with Crippen molar-refractivity contribution in [2.45, 2.75) is 57.7 Å².